The van der Waals surface area contributed by atoms with Crippen LogP contribution in [0.2, 0.25) is 0 Å². The number of carboxylic acid groups (broad SMARTS) is 2. The van der Waals surface area contributed by atoms with Gasteiger partial charge in [0, 0.05) is 23.1 Å². The van der Waals surface area contributed by atoms with E-state index in [1.807, 2.05) is 12.1 Å². The molecule has 0 saturated carbocycles. The van der Waals surface area contributed by atoms with E-state index in [4.69, 9.17) is 10.2 Å². The Bertz CT molecular complexity index is 1240. The molecule has 8 nitrogen and oxygen atoms in total. The number of rotatable bonds is 9. The first-order valence-electron chi connectivity index (χ1n) is 11.7. The van der Waals surface area contributed by atoms with E-state index in [1.54, 1.807) is 24.3 Å². The number of nitrogens with one attached hydrogen (secondary N) is 1. The first kappa shape index (κ1) is 26.4. The van der Waals surface area contributed by atoms with Crippen molar-refractivity contribution in [3.05, 3.63) is 65.9 Å². The number of carbonyl (C=O) groups is 2. The molecular weight excluding hydrogens is 468 g/mol. The maximum absolute atomic E-state index is 12.5. The number of likely N-dealkylation sites (tertiary alicyclic amines) is 1. The van der Waals surface area contributed by atoms with Gasteiger partial charge < -0.3 is 20.1 Å². The molecule has 0 bridgehead atoms. The number of aryl methyl sites for hydroxylation is 1. The molecule has 2 aromatic carbocycles. The van der Waals surface area contributed by atoms with E-state index in [1.165, 1.54) is 30.3 Å². The van der Waals surface area contributed by atoms with Crippen LogP contribution in [0.3, 0.4) is 0 Å². The number of fused-ring (bicyclic) bond motifs is 1. The third kappa shape index (κ3) is 7.66. The third-order valence-corrected chi connectivity index (χ3v) is 8.01. The fraction of sp³-hybridized carbons (Fsp3) is 0.385. The van der Waals surface area contributed by atoms with Crippen LogP contribution < -0.4 is 0 Å². The van der Waals surface area contributed by atoms with Crippen molar-refractivity contribution in [1.29, 1.82) is 0 Å². The van der Waals surface area contributed by atoms with E-state index in [0.29, 0.717) is 17.4 Å². The van der Waals surface area contributed by atoms with Crippen LogP contribution in [-0.4, -0.2) is 65.8 Å². The number of aromatic nitrogens is 1. The Morgan fingerprint density at radius 2 is 1.74 bits per heavy atom. The average Bonchev–Trinajstić information content (AvgIpc) is 3.43. The van der Waals surface area contributed by atoms with Gasteiger partial charge in [-0.3, -0.25) is 9.59 Å². The smallest absolute Gasteiger partial charge is 0.303 e. The Morgan fingerprint density at radius 1 is 1.06 bits per heavy atom. The summed E-state index contributed by atoms with van der Waals surface area (Å²) in [6, 6.07) is 15.6. The van der Waals surface area contributed by atoms with Crippen LogP contribution in [0.5, 0.6) is 0 Å². The summed E-state index contributed by atoms with van der Waals surface area (Å²) in [5.41, 5.74) is 3.53. The first-order valence-corrected chi connectivity index (χ1v) is 13.3. The molecule has 9 heteroatoms. The zero-order valence-electron chi connectivity index (χ0n) is 19.8. The van der Waals surface area contributed by atoms with E-state index in [9.17, 15) is 18.0 Å². The maximum atomic E-state index is 12.5. The highest BCUT2D eigenvalue weighted by molar-refractivity contribution is 7.91. The summed E-state index contributed by atoms with van der Waals surface area (Å²) in [5.74, 6) is -2.02. The van der Waals surface area contributed by atoms with Gasteiger partial charge in [-0.15, -0.1) is 0 Å². The van der Waals surface area contributed by atoms with Crippen molar-refractivity contribution in [2.24, 2.45) is 0 Å². The molecule has 1 aliphatic heterocycles. The van der Waals surface area contributed by atoms with Gasteiger partial charge in [0.2, 0.25) is 0 Å². The molecule has 3 N–H and O–H groups in total. The van der Waals surface area contributed by atoms with Gasteiger partial charge in [0.1, 0.15) is 0 Å². The van der Waals surface area contributed by atoms with Gasteiger partial charge >= 0.3 is 11.9 Å². The largest absolute Gasteiger partial charge is 0.481 e. The molecule has 0 spiro atoms. The fourth-order valence-electron chi connectivity index (χ4n) is 4.25. The Balaban J connectivity index is 0.000000371. The van der Waals surface area contributed by atoms with Gasteiger partial charge in [-0.25, -0.2) is 8.42 Å². The fourth-order valence-corrected chi connectivity index (χ4v) is 5.56. The molecule has 2 heterocycles. The van der Waals surface area contributed by atoms with Crippen LogP contribution in [0.15, 0.2) is 59.6 Å². The molecule has 0 aliphatic carbocycles. The molecule has 35 heavy (non-hydrogen) atoms. The van der Waals surface area contributed by atoms with Crippen LogP contribution in [0.4, 0.5) is 0 Å². The van der Waals surface area contributed by atoms with Gasteiger partial charge in [-0.1, -0.05) is 24.3 Å². The lowest BCUT2D eigenvalue weighted by molar-refractivity contribution is -0.143. The predicted octanol–water partition coefficient (Wildman–Crippen LogP) is 3.76. The summed E-state index contributed by atoms with van der Waals surface area (Å²) in [5, 5.41) is 17.0. The van der Waals surface area contributed by atoms with Gasteiger partial charge in [0.25, 0.3) is 0 Å². The van der Waals surface area contributed by atoms with Gasteiger partial charge in [-0.2, -0.15) is 0 Å². The molecule has 3 aromatic rings. The summed E-state index contributed by atoms with van der Waals surface area (Å²) in [7, 11) is -1.05. The van der Waals surface area contributed by atoms with Gasteiger partial charge in [-0.05, 0) is 74.7 Å². The van der Waals surface area contributed by atoms with E-state index < -0.39 is 21.8 Å². The molecule has 1 atom stereocenters. The van der Waals surface area contributed by atoms with Crippen molar-refractivity contribution in [2.45, 2.75) is 49.5 Å². The van der Waals surface area contributed by atoms with Crippen LogP contribution in [0.25, 0.3) is 10.9 Å². The molecule has 188 valence electrons. The monoisotopic (exact) mass is 500 g/mol. The zero-order valence-corrected chi connectivity index (χ0v) is 20.6. The summed E-state index contributed by atoms with van der Waals surface area (Å²) >= 11 is 0. The molecule has 1 fully saturated rings. The van der Waals surface area contributed by atoms with E-state index >= 15 is 0 Å². The summed E-state index contributed by atoms with van der Waals surface area (Å²) in [6.45, 7) is 1.18. The number of H-pyrrole nitrogens is 1. The van der Waals surface area contributed by atoms with Crippen molar-refractivity contribution in [2.75, 3.05) is 19.3 Å². The minimum absolute atomic E-state index is 0.133. The number of benzene rings is 2. The summed E-state index contributed by atoms with van der Waals surface area (Å²) in [6.07, 6.45) is 5.61. The minimum atomic E-state index is -3.25. The number of aromatic amines is 1. The number of hydrogen-bond acceptors (Lipinski definition) is 5. The highest BCUT2D eigenvalue weighted by atomic mass is 32.2. The molecule has 0 radical (unpaired) electrons. The van der Waals surface area contributed by atoms with Crippen LogP contribution in [0.1, 0.15) is 36.8 Å². The third-order valence-electron chi connectivity index (χ3n) is 6.27. The number of aliphatic carboxylic acids is 2. The average molecular weight is 501 g/mol. The maximum Gasteiger partial charge on any atom is 0.303 e. The molecule has 1 aliphatic rings. The SMILES string of the molecule is CN1CCC[C@@H]1Cc1c[nH]c2ccc(CCS(=O)(=O)c3ccccc3)cc12.O=C(O)CCC(=O)O. The number of nitrogens with zero attached hydrogens (tertiary/aromatic N) is 1. The van der Waals surface area contributed by atoms with Gasteiger partial charge in [0.05, 0.1) is 23.5 Å². The van der Waals surface area contributed by atoms with E-state index in [0.717, 1.165) is 17.5 Å². The number of sulfone groups is 1. The predicted molar refractivity (Wildman–Crippen MR) is 134 cm³/mol. The van der Waals surface area contributed by atoms with Crippen LogP contribution >= 0.6 is 0 Å². The number of hydrogen-bond donors (Lipinski definition) is 3. The lowest BCUT2D eigenvalue weighted by Gasteiger charge is -2.18. The Hall–Kier alpha value is -3.17. The zero-order chi connectivity index (χ0) is 25.4. The van der Waals surface area contributed by atoms with Crippen LogP contribution in [-0.2, 0) is 32.3 Å². The molecular formula is C26H32N2O6S. The summed E-state index contributed by atoms with van der Waals surface area (Å²) < 4.78 is 25.1. The molecule has 1 aromatic heterocycles. The number of likely N-dealkylation sites (N-methyl/N-ethyl adjacent to an activating group) is 1. The normalized spacial score (nSPS) is 16.1. The van der Waals surface area contributed by atoms with Gasteiger partial charge in [0.15, 0.2) is 9.84 Å². The van der Waals surface area contributed by atoms with Crippen molar-refractivity contribution in [1.82, 2.24) is 9.88 Å². The quantitative estimate of drug-likeness (QED) is 0.408. The minimum Gasteiger partial charge on any atom is -0.481 e. The lowest BCUT2D eigenvalue weighted by Crippen LogP contribution is -2.26. The second-order valence-corrected chi connectivity index (χ2v) is 11.0. The van der Waals surface area contributed by atoms with E-state index in [-0.39, 0.29) is 18.6 Å². The van der Waals surface area contributed by atoms with E-state index in [2.05, 4.69) is 35.3 Å². The standard InChI is InChI=1S/C22H26N2O2S.C4H6O4/c1-24-12-5-6-19(24)15-18-16-23-22-10-9-17(14-21(18)22)11-13-27(25,26)20-7-3-2-4-8-20;5-3(6)1-2-4(7)8/h2-4,7-10,14,16,19,23H,5-6,11-13,15H2,1H3;1-2H2,(H,5,6)(H,7,8)/t19-;/m1./s1. The Labute approximate surface area is 205 Å². The second-order valence-electron chi connectivity index (χ2n) is 8.84. The topological polar surface area (TPSA) is 128 Å². The highest BCUT2D eigenvalue weighted by Crippen LogP contribution is 2.26. The number of carboxylic acids is 2. The van der Waals surface area contributed by atoms with Crippen molar-refractivity contribution >= 4 is 32.7 Å². The molecule has 0 amide bonds. The Morgan fingerprint density at radius 3 is 2.34 bits per heavy atom. The first-order chi connectivity index (χ1) is 16.7. The molecule has 1 saturated heterocycles. The second kappa shape index (κ2) is 12.0. The van der Waals surface area contributed by atoms with Crippen molar-refractivity contribution in [3.63, 3.8) is 0 Å². The van der Waals surface area contributed by atoms with Crippen molar-refractivity contribution in [3.8, 4) is 0 Å². The molecule has 4 rings (SSSR count). The van der Waals surface area contributed by atoms with Crippen LogP contribution in [0, 0.1) is 0 Å². The summed E-state index contributed by atoms with van der Waals surface area (Å²) in [4.78, 5) is 25.5. The molecule has 0 unspecified atom stereocenters. The Kier molecular flexibility index (Phi) is 9.06. The lowest BCUT2D eigenvalue weighted by atomic mass is 10.0. The highest BCUT2D eigenvalue weighted by Gasteiger charge is 2.22. The van der Waals surface area contributed by atoms with Crippen molar-refractivity contribution < 1.29 is 28.2 Å².